The van der Waals surface area contributed by atoms with E-state index in [9.17, 15) is 0 Å². The predicted octanol–water partition coefficient (Wildman–Crippen LogP) is 2.64. The number of rotatable bonds is 5. The van der Waals surface area contributed by atoms with Gasteiger partial charge in [0, 0.05) is 12.7 Å². The predicted molar refractivity (Wildman–Crippen MR) is 65.7 cm³/mol. The molecule has 0 spiro atoms. The first kappa shape index (κ1) is 10.9. The van der Waals surface area contributed by atoms with E-state index >= 15 is 0 Å². The van der Waals surface area contributed by atoms with E-state index in [2.05, 4.69) is 22.3 Å². The van der Waals surface area contributed by atoms with Gasteiger partial charge in [-0.1, -0.05) is 25.8 Å². The van der Waals surface area contributed by atoms with Crippen LogP contribution in [0.5, 0.6) is 0 Å². The molecule has 2 aromatic rings. The number of fused-ring (bicyclic) bond motifs is 1. The third-order valence-electron chi connectivity index (χ3n) is 2.62. The van der Waals surface area contributed by atoms with Crippen molar-refractivity contribution in [1.29, 1.82) is 0 Å². The van der Waals surface area contributed by atoms with E-state index in [1.165, 1.54) is 19.3 Å². The highest BCUT2D eigenvalue weighted by molar-refractivity contribution is 5.49. The molecule has 1 N–H and O–H groups in total. The van der Waals surface area contributed by atoms with Crippen LogP contribution in [-0.2, 0) is 0 Å². The van der Waals surface area contributed by atoms with Gasteiger partial charge in [0.25, 0.3) is 0 Å². The lowest BCUT2D eigenvalue weighted by Crippen LogP contribution is -2.02. The molecule has 0 saturated carbocycles. The fourth-order valence-electron chi connectivity index (χ4n) is 1.69. The maximum atomic E-state index is 4.45. The Bertz CT molecular complexity index is 461. The molecular formula is C12H18N4. The van der Waals surface area contributed by atoms with E-state index < -0.39 is 0 Å². The molecule has 16 heavy (non-hydrogen) atoms. The molecule has 0 aliphatic rings. The summed E-state index contributed by atoms with van der Waals surface area (Å²) in [6.45, 7) is 5.20. The summed E-state index contributed by atoms with van der Waals surface area (Å²) in [5.41, 5.74) is 2.08. The third kappa shape index (κ3) is 2.32. The fraction of sp³-hybridized carbons (Fsp3) is 0.500. The number of anilines is 1. The lowest BCUT2D eigenvalue weighted by molar-refractivity contribution is 0.740. The van der Waals surface area contributed by atoms with Crippen LogP contribution in [0.4, 0.5) is 5.95 Å². The minimum atomic E-state index is 0.727. The van der Waals surface area contributed by atoms with Crippen LogP contribution in [0.25, 0.3) is 5.65 Å². The summed E-state index contributed by atoms with van der Waals surface area (Å²) in [7, 11) is 0. The summed E-state index contributed by atoms with van der Waals surface area (Å²) >= 11 is 0. The zero-order chi connectivity index (χ0) is 11.4. The zero-order valence-electron chi connectivity index (χ0n) is 9.90. The third-order valence-corrected chi connectivity index (χ3v) is 2.62. The second-order valence-electron chi connectivity index (χ2n) is 4.03. The Morgan fingerprint density at radius 3 is 3.00 bits per heavy atom. The van der Waals surface area contributed by atoms with Crippen molar-refractivity contribution in [2.24, 2.45) is 0 Å². The summed E-state index contributed by atoms with van der Waals surface area (Å²) in [5.74, 6) is 0.727. The minimum Gasteiger partial charge on any atom is -0.353 e. The van der Waals surface area contributed by atoms with Crippen LogP contribution in [0.1, 0.15) is 31.7 Å². The maximum Gasteiger partial charge on any atom is 0.243 e. The second kappa shape index (κ2) is 4.96. The number of aromatic nitrogens is 3. The molecule has 0 aromatic carbocycles. The second-order valence-corrected chi connectivity index (χ2v) is 4.03. The van der Waals surface area contributed by atoms with Gasteiger partial charge in [-0.05, 0) is 25.0 Å². The molecule has 0 atom stereocenters. The van der Waals surface area contributed by atoms with Gasteiger partial charge in [0.2, 0.25) is 5.95 Å². The van der Waals surface area contributed by atoms with Gasteiger partial charge in [-0.2, -0.15) is 4.98 Å². The van der Waals surface area contributed by atoms with Gasteiger partial charge in [-0.25, -0.2) is 4.52 Å². The van der Waals surface area contributed by atoms with Crippen LogP contribution in [0.15, 0.2) is 18.3 Å². The molecule has 2 rings (SSSR count). The van der Waals surface area contributed by atoms with Crippen molar-refractivity contribution in [2.75, 3.05) is 11.9 Å². The summed E-state index contributed by atoms with van der Waals surface area (Å²) in [5, 5.41) is 7.62. The van der Waals surface area contributed by atoms with Crippen LogP contribution in [0.2, 0.25) is 0 Å². The topological polar surface area (TPSA) is 42.2 Å². The van der Waals surface area contributed by atoms with E-state index in [4.69, 9.17) is 0 Å². The maximum absolute atomic E-state index is 4.45. The van der Waals surface area contributed by atoms with E-state index in [0.29, 0.717) is 0 Å². The van der Waals surface area contributed by atoms with Crippen molar-refractivity contribution in [2.45, 2.75) is 33.1 Å². The van der Waals surface area contributed by atoms with E-state index in [-0.39, 0.29) is 0 Å². The molecule has 2 heterocycles. The molecule has 0 radical (unpaired) electrons. The summed E-state index contributed by atoms with van der Waals surface area (Å²) in [6.07, 6.45) is 5.58. The SMILES string of the molecule is CCCCCNc1nc2c(C)cccn2n1. The fourth-order valence-corrected chi connectivity index (χ4v) is 1.69. The Kier molecular flexibility index (Phi) is 3.39. The molecular weight excluding hydrogens is 200 g/mol. The lowest BCUT2D eigenvalue weighted by Gasteiger charge is -1.98. The average molecular weight is 218 g/mol. The van der Waals surface area contributed by atoms with Crippen molar-refractivity contribution < 1.29 is 0 Å². The first-order chi connectivity index (χ1) is 7.81. The molecule has 0 unspecified atom stereocenters. The molecule has 86 valence electrons. The normalized spacial score (nSPS) is 10.9. The average Bonchev–Trinajstić information content (AvgIpc) is 2.69. The highest BCUT2D eigenvalue weighted by atomic mass is 15.3. The number of pyridine rings is 1. The van der Waals surface area contributed by atoms with Crippen molar-refractivity contribution in [3.05, 3.63) is 23.9 Å². The Morgan fingerprint density at radius 2 is 2.25 bits per heavy atom. The van der Waals surface area contributed by atoms with Crippen LogP contribution in [0.3, 0.4) is 0 Å². The highest BCUT2D eigenvalue weighted by Crippen LogP contribution is 2.09. The van der Waals surface area contributed by atoms with Crippen LogP contribution in [-0.4, -0.2) is 21.1 Å². The van der Waals surface area contributed by atoms with Gasteiger partial charge in [0.05, 0.1) is 0 Å². The molecule has 0 aliphatic carbocycles. The largest absolute Gasteiger partial charge is 0.353 e. The molecule has 4 nitrogen and oxygen atoms in total. The monoisotopic (exact) mass is 218 g/mol. The van der Waals surface area contributed by atoms with Crippen molar-refractivity contribution >= 4 is 11.6 Å². The summed E-state index contributed by atoms with van der Waals surface area (Å²) < 4.78 is 1.82. The van der Waals surface area contributed by atoms with Crippen LogP contribution >= 0.6 is 0 Å². The van der Waals surface area contributed by atoms with Crippen LogP contribution in [0, 0.1) is 6.92 Å². The quantitative estimate of drug-likeness (QED) is 0.784. The van der Waals surface area contributed by atoms with E-state index in [0.717, 1.165) is 23.7 Å². The summed E-state index contributed by atoms with van der Waals surface area (Å²) in [6, 6.07) is 4.03. The van der Waals surface area contributed by atoms with Gasteiger partial charge in [-0.3, -0.25) is 0 Å². The van der Waals surface area contributed by atoms with Crippen LogP contribution < -0.4 is 5.32 Å². The Morgan fingerprint density at radius 1 is 1.38 bits per heavy atom. The van der Waals surface area contributed by atoms with Gasteiger partial charge in [-0.15, -0.1) is 5.10 Å². The van der Waals surface area contributed by atoms with Gasteiger partial charge in [0.15, 0.2) is 5.65 Å². The van der Waals surface area contributed by atoms with Crippen molar-refractivity contribution in [1.82, 2.24) is 14.6 Å². The number of hydrogen-bond acceptors (Lipinski definition) is 3. The first-order valence-corrected chi connectivity index (χ1v) is 5.87. The van der Waals surface area contributed by atoms with Crippen molar-refractivity contribution in [3.8, 4) is 0 Å². The zero-order valence-corrected chi connectivity index (χ0v) is 9.90. The van der Waals surface area contributed by atoms with Gasteiger partial charge >= 0.3 is 0 Å². The molecule has 0 amide bonds. The number of aryl methyl sites for hydroxylation is 1. The smallest absolute Gasteiger partial charge is 0.243 e. The van der Waals surface area contributed by atoms with Crippen molar-refractivity contribution in [3.63, 3.8) is 0 Å². The number of nitrogens with one attached hydrogen (secondary N) is 1. The number of unbranched alkanes of at least 4 members (excludes halogenated alkanes) is 2. The Balaban J connectivity index is 2.05. The molecule has 0 aliphatic heterocycles. The minimum absolute atomic E-state index is 0.727. The first-order valence-electron chi connectivity index (χ1n) is 5.87. The van der Waals surface area contributed by atoms with E-state index in [1.54, 1.807) is 0 Å². The van der Waals surface area contributed by atoms with Gasteiger partial charge < -0.3 is 5.32 Å². The molecule has 0 saturated heterocycles. The number of nitrogens with zero attached hydrogens (tertiary/aromatic N) is 3. The van der Waals surface area contributed by atoms with Gasteiger partial charge in [0.1, 0.15) is 0 Å². The highest BCUT2D eigenvalue weighted by Gasteiger charge is 2.03. The Labute approximate surface area is 95.7 Å². The standard InChI is InChI=1S/C12H18N4/c1-3-4-5-8-13-12-14-11-10(2)7-6-9-16(11)15-12/h6-7,9H,3-5,8H2,1-2H3,(H,13,15). The molecule has 0 bridgehead atoms. The molecule has 2 aromatic heterocycles. The Hall–Kier alpha value is -1.58. The summed E-state index contributed by atoms with van der Waals surface area (Å²) in [4.78, 5) is 4.45. The lowest BCUT2D eigenvalue weighted by atomic mass is 10.2. The van der Waals surface area contributed by atoms with E-state index in [1.807, 2.05) is 29.8 Å². The molecule has 0 fully saturated rings. The number of hydrogen-bond donors (Lipinski definition) is 1. The molecule has 4 heteroatoms.